The van der Waals surface area contributed by atoms with Gasteiger partial charge in [0.15, 0.2) is 0 Å². The summed E-state index contributed by atoms with van der Waals surface area (Å²) in [7, 11) is 0. The first-order chi connectivity index (χ1) is 12.2. The first-order valence-electron chi connectivity index (χ1n) is 8.66. The summed E-state index contributed by atoms with van der Waals surface area (Å²) in [4.78, 5) is 18.8. The zero-order valence-electron chi connectivity index (χ0n) is 14.5. The van der Waals surface area contributed by atoms with Gasteiger partial charge in [-0.2, -0.15) is 0 Å². The highest BCUT2D eigenvalue weighted by molar-refractivity contribution is 7.07. The van der Waals surface area contributed by atoms with E-state index in [0.717, 1.165) is 37.3 Å². The molecule has 2 aromatic rings. The number of hydrogen-bond donors (Lipinski definition) is 1. The number of thiazole rings is 1. The highest BCUT2D eigenvalue weighted by Crippen LogP contribution is 2.33. The van der Waals surface area contributed by atoms with E-state index in [1.54, 1.807) is 29.0 Å². The van der Waals surface area contributed by atoms with Gasteiger partial charge < -0.3 is 14.7 Å². The fraction of sp³-hybridized carbons (Fsp3) is 0.474. The van der Waals surface area contributed by atoms with Crippen LogP contribution in [0.25, 0.3) is 0 Å². The topological polar surface area (TPSA) is 62.7 Å². The van der Waals surface area contributed by atoms with Crippen LogP contribution in [0, 0.1) is 5.41 Å². The monoisotopic (exact) mass is 360 g/mol. The normalized spacial score (nSPS) is 20.5. The van der Waals surface area contributed by atoms with Crippen LogP contribution in [-0.4, -0.2) is 40.6 Å². The molecule has 25 heavy (non-hydrogen) atoms. The van der Waals surface area contributed by atoms with Gasteiger partial charge in [0.25, 0.3) is 5.91 Å². The maximum absolute atomic E-state index is 12.8. The van der Waals surface area contributed by atoms with E-state index in [0.29, 0.717) is 18.7 Å². The number of amides is 1. The largest absolute Gasteiger partial charge is 0.487 e. The molecule has 1 saturated heterocycles. The Morgan fingerprint density at radius 3 is 2.84 bits per heavy atom. The molecule has 1 amide bonds. The minimum Gasteiger partial charge on any atom is -0.487 e. The molecule has 5 nitrogen and oxygen atoms in total. The van der Waals surface area contributed by atoms with E-state index in [-0.39, 0.29) is 17.9 Å². The molecule has 2 heterocycles. The van der Waals surface area contributed by atoms with Crippen LogP contribution in [0.3, 0.4) is 0 Å². The summed E-state index contributed by atoms with van der Waals surface area (Å²) in [5.74, 6) is 0.749. The molecule has 3 rings (SSSR count). The molecule has 1 aromatic carbocycles. The first-order valence-corrected chi connectivity index (χ1v) is 9.60. The van der Waals surface area contributed by atoms with Crippen LogP contribution in [-0.2, 0) is 6.61 Å². The number of benzene rings is 1. The second-order valence-corrected chi connectivity index (χ2v) is 7.35. The van der Waals surface area contributed by atoms with E-state index >= 15 is 0 Å². The Balaban J connectivity index is 1.62. The number of rotatable bonds is 6. The van der Waals surface area contributed by atoms with Crippen molar-refractivity contribution in [2.24, 2.45) is 5.41 Å². The number of likely N-dealkylation sites (tertiary alicyclic amines) is 1. The number of carbonyl (C=O) groups excluding carboxylic acids is 1. The molecule has 1 aliphatic rings. The third kappa shape index (κ3) is 4.19. The summed E-state index contributed by atoms with van der Waals surface area (Å²) < 4.78 is 5.68. The Kier molecular flexibility index (Phi) is 5.71. The summed E-state index contributed by atoms with van der Waals surface area (Å²) >= 11 is 1.54. The average molecular weight is 360 g/mol. The van der Waals surface area contributed by atoms with Crippen molar-refractivity contribution in [1.29, 1.82) is 0 Å². The maximum Gasteiger partial charge on any atom is 0.253 e. The molecule has 1 aliphatic heterocycles. The van der Waals surface area contributed by atoms with E-state index in [1.807, 2.05) is 22.4 Å². The molecule has 0 aliphatic carbocycles. The highest BCUT2D eigenvalue weighted by atomic mass is 32.1. The molecule has 1 N–H and O–H groups in total. The molecule has 1 fully saturated rings. The van der Waals surface area contributed by atoms with Crippen molar-refractivity contribution in [2.75, 3.05) is 19.7 Å². The van der Waals surface area contributed by atoms with E-state index in [1.165, 1.54) is 0 Å². The van der Waals surface area contributed by atoms with Gasteiger partial charge in [-0.15, -0.1) is 11.3 Å². The highest BCUT2D eigenvalue weighted by Gasteiger charge is 2.35. The number of nitrogens with zero attached hydrogens (tertiary/aromatic N) is 2. The second-order valence-electron chi connectivity index (χ2n) is 6.63. The number of ether oxygens (including phenoxy) is 1. The summed E-state index contributed by atoms with van der Waals surface area (Å²) in [6.07, 6.45) is 2.80. The molecule has 0 bridgehead atoms. The van der Waals surface area contributed by atoms with Gasteiger partial charge in [0.05, 0.1) is 17.8 Å². The van der Waals surface area contributed by atoms with Gasteiger partial charge >= 0.3 is 0 Å². The molecule has 1 atom stereocenters. The van der Waals surface area contributed by atoms with Crippen molar-refractivity contribution in [1.82, 2.24) is 9.88 Å². The van der Waals surface area contributed by atoms with Crippen LogP contribution in [0.2, 0.25) is 0 Å². The Labute approximate surface area is 152 Å². The van der Waals surface area contributed by atoms with Gasteiger partial charge in [-0.05, 0) is 43.5 Å². The molecule has 0 saturated carbocycles. The minimum atomic E-state index is -0.148. The zero-order valence-corrected chi connectivity index (χ0v) is 15.3. The Bertz CT molecular complexity index is 681. The Morgan fingerprint density at radius 2 is 2.20 bits per heavy atom. The SMILES string of the molecule is CC[C@]1(CO)CCCN(C(=O)c2ccc(OCc3cscn3)cc2)C1. The fourth-order valence-electron chi connectivity index (χ4n) is 3.25. The number of carbonyl (C=O) groups is 1. The number of aromatic nitrogens is 1. The molecule has 6 heteroatoms. The number of piperidine rings is 1. The van der Waals surface area contributed by atoms with Crippen molar-refractivity contribution in [3.8, 4) is 5.75 Å². The van der Waals surface area contributed by atoms with E-state index in [4.69, 9.17) is 4.74 Å². The van der Waals surface area contributed by atoms with Crippen molar-refractivity contribution in [2.45, 2.75) is 32.8 Å². The summed E-state index contributed by atoms with van der Waals surface area (Å²) in [6, 6.07) is 7.26. The van der Waals surface area contributed by atoms with Crippen molar-refractivity contribution >= 4 is 17.2 Å². The molecule has 134 valence electrons. The predicted molar refractivity (Wildman–Crippen MR) is 97.8 cm³/mol. The summed E-state index contributed by atoms with van der Waals surface area (Å²) in [5, 5.41) is 11.7. The van der Waals surface area contributed by atoms with Gasteiger partial charge in [0, 0.05) is 29.4 Å². The third-order valence-electron chi connectivity index (χ3n) is 5.01. The van der Waals surface area contributed by atoms with Gasteiger partial charge in [-0.3, -0.25) is 4.79 Å². The second kappa shape index (κ2) is 7.97. The van der Waals surface area contributed by atoms with E-state index < -0.39 is 0 Å². The lowest BCUT2D eigenvalue weighted by molar-refractivity contribution is 0.0251. The van der Waals surface area contributed by atoms with Gasteiger partial charge in [-0.1, -0.05) is 6.92 Å². The van der Waals surface area contributed by atoms with Crippen LogP contribution >= 0.6 is 11.3 Å². The summed E-state index contributed by atoms with van der Waals surface area (Å²) in [5.41, 5.74) is 3.19. The summed E-state index contributed by atoms with van der Waals surface area (Å²) in [6.45, 7) is 4.03. The van der Waals surface area contributed by atoms with Crippen molar-refractivity contribution in [3.05, 3.63) is 46.4 Å². The fourth-order valence-corrected chi connectivity index (χ4v) is 3.80. The lowest BCUT2D eigenvalue weighted by atomic mass is 9.78. The number of hydrogen-bond acceptors (Lipinski definition) is 5. The van der Waals surface area contributed by atoms with Crippen LogP contribution in [0.15, 0.2) is 35.2 Å². The van der Waals surface area contributed by atoms with Crippen LogP contribution in [0.5, 0.6) is 5.75 Å². The lowest BCUT2D eigenvalue weighted by Gasteiger charge is -2.41. The number of aliphatic hydroxyl groups is 1. The standard InChI is InChI=1S/C19H24N2O3S/c1-2-19(13-22)8-3-9-21(12-19)18(23)15-4-6-17(7-5-15)24-10-16-11-25-14-20-16/h4-7,11,14,22H,2-3,8-10,12-13H2,1H3/t19-/m0/s1. The molecule has 1 aromatic heterocycles. The van der Waals surface area contributed by atoms with E-state index in [2.05, 4.69) is 11.9 Å². The zero-order chi connectivity index (χ0) is 17.7. The van der Waals surface area contributed by atoms with Crippen molar-refractivity contribution < 1.29 is 14.6 Å². The van der Waals surface area contributed by atoms with Gasteiger partial charge in [0.1, 0.15) is 12.4 Å². The van der Waals surface area contributed by atoms with Crippen LogP contribution in [0.4, 0.5) is 0 Å². The molecular weight excluding hydrogens is 336 g/mol. The molecule has 0 unspecified atom stereocenters. The first kappa shape index (κ1) is 17.9. The molecular formula is C19H24N2O3S. The Hall–Kier alpha value is -1.92. The lowest BCUT2D eigenvalue weighted by Crippen LogP contribution is -2.47. The van der Waals surface area contributed by atoms with Gasteiger partial charge in [0.2, 0.25) is 0 Å². The van der Waals surface area contributed by atoms with Crippen molar-refractivity contribution in [3.63, 3.8) is 0 Å². The Morgan fingerprint density at radius 1 is 1.40 bits per heavy atom. The van der Waals surface area contributed by atoms with E-state index in [9.17, 15) is 9.90 Å². The van der Waals surface area contributed by atoms with Crippen LogP contribution in [0.1, 0.15) is 42.2 Å². The van der Waals surface area contributed by atoms with Gasteiger partial charge in [-0.25, -0.2) is 4.98 Å². The average Bonchev–Trinajstić information content (AvgIpc) is 3.20. The minimum absolute atomic E-state index is 0.0250. The smallest absolute Gasteiger partial charge is 0.253 e. The molecule has 0 spiro atoms. The third-order valence-corrected chi connectivity index (χ3v) is 5.64. The quantitative estimate of drug-likeness (QED) is 0.858. The predicted octanol–water partition coefficient (Wildman–Crippen LogP) is 3.35. The molecule has 0 radical (unpaired) electrons. The number of aliphatic hydroxyl groups excluding tert-OH is 1. The van der Waals surface area contributed by atoms with Crippen LogP contribution < -0.4 is 4.74 Å². The maximum atomic E-state index is 12.8.